The molecule has 2 heterocycles. The number of phenolic OH excluding ortho intramolecular Hbond substituents is 1. The van der Waals surface area contributed by atoms with Crippen LogP contribution in [0.5, 0.6) is 5.75 Å². The molecule has 400 valence electrons. The van der Waals surface area contributed by atoms with Crippen molar-refractivity contribution in [1.29, 1.82) is 0 Å². The molecule has 0 spiro atoms. The maximum absolute atomic E-state index is 11.9. The maximum Gasteiger partial charge on any atom is 0.159 e. The average molecular weight is 1090 g/mol. The minimum atomic E-state index is 0.247. The first-order valence-electron chi connectivity index (χ1n) is 28.8. The lowest BCUT2D eigenvalue weighted by Crippen LogP contribution is -2.11. The predicted octanol–water partition coefficient (Wildman–Crippen LogP) is 22.8. The van der Waals surface area contributed by atoms with Crippen LogP contribution in [0.15, 0.2) is 318 Å². The van der Waals surface area contributed by atoms with Crippen LogP contribution in [0.2, 0.25) is 0 Å². The van der Waals surface area contributed by atoms with Crippen LogP contribution >= 0.6 is 0 Å². The molecule has 85 heavy (non-hydrogen) atoms. The number of aromatic hydroxyl groups is 1. The van der Waals surface area contributed by atoms with Crippen molar-refractivity contribution in [3.8, 4) is 61.4 Å². The van der Waals surface area contributed by atoms with Gasteiger partial charge in [-0.2, -0.15) is 0 Å². The fourth-order valence-electron chi connectivity index (χ4n) is 12.8. The van der Waals surface area contributed by atoms with E-state index in [2.05, 4.69) is 271 Å². The number of furan rings is 2. The first kappa shape index (κ1) is 49.4. The highest BCUT2D eigenvalue weighted by molar-refractivity contribution is 6.27. The molecule has 1 N–H and O–H groups in total. The number of rotatable bonds is 11. The third-order valence-corrected chi connectivity index (χ3v) is 16.7. The molecule has 0 aliphatic heterocycles. The molecule has 0 fully saturated rings. The molecular weight excluding hydrogens is 1040 g/mol. The van der Waals surface area contributed by atoms with Gasteiger partial charge in [0.15, 0.2) is 5.58 Å². The standard InChI is InChI=1S/C80H52N2O3/c83-78-66(54-25-9-3-10-26-54)33-18-34-67(78)56-29-17-30-59(49-56)81(71-38-15-13-31-62(71)52-21-5-1-6-22-52)60-43-45-64-57(50-60)41-47-74-76(64)77-65-46-44-61(51-58(65)42-48-75(77)84-74)82(72-39-16-14-32-63(72)53-23-7-2-8-24-53)73-40-20-37-70-69-36-19-35-68(79(69)85-80(70)73)55-27-11-4-12-28-55/h1-51,83H. The van der Waals surface area contributed by atoms with Crippen molar-refractivity contribution in [3.05, 3.63) is 309 Å². The van der Waals surface area contributed by atoms with Gasteiger partial charge in [0.05, 0.1) is 17.1 Å². The number of phenols is 1. The van der Waals surface area contributed by atoms with E-state index in [0.29, 0.717) is 0 Å². The van der Waals surface area contributed by atoms with Crippen LogP contribution in [-0.2, 0) is 0 Å². The van der Waals surface area contributed by atoms with Crippen LogP contribution in [0.3, 0.4) is 0 Å². The van der Waals surface area contributed by atoms with Crippen LogP contribution in [0.1, 0.15) is 0 Å². The van der Waals surface area contributed by atoms with E-state index in [4.69, 9.17) is 8.83 Å². The smallest absolute Gasteiger partial charge is 0.159 e. The second-order valence-corrected chi connectivity index (χ2v) is 21.6. The summed E-state index contributed by atoms with van der Waals surface area (Å²) in [6.07, 6.45) is 0. The van der Waals surface area contributed by atoms with Gasteiger partial charge in [-0.3, -0.25) is 0 Å². The zero-order valence-electron chi connectivity index (χ0n) is 46.1. The molecule has 2 aromatic heterocycles. The van der Waals surface area contributed by atoms with Crippen molar-refractivity contribution in [2.75, 3.05) is 9.80 Å². The Bertz CT molecular complexity index is 5210. The van der Waals surface area contributed by atoms with Crippen LogP contribution in [0.25, 0.3) is 121 Å². The third-order valence-electron chi connectivity index (χ3n) is 16.7. The molecule has 14 aromatic carbocycles. The molecule has 0 saturated carbocycles. The lowest BCUT2D eigenvalue weighted by atomic mass is 9.96. The van der Waals surface area contributed by atoms with E-state index >= 15 is 0 Å². The summed E-state index contributed by atoms with van der Waals surface area (Å²) in [5.41, 5.74) is 19.3. The zero-order valence-corrected chi connectivity index (χ0v) is 46.1. The van der Waals surface area contributed by atoms with E-state index < -0.39 is 0 Å². The van der Waals surface area contributed by atoms with Crippen molar-refractivity contribution in [2.24, 2.45) is 0 Å². The Morgan fingerprint density at radius 1 is 0.247 bits per heavy atom. The maximum atomic E-state index is 11.9. The normalized spacial score (nSPS) is 11.6. The van der Waals surface area contributed by atoms with Gasteiger partial charge in [-0.25, -0.2) is 0 Å². The molecule has 5 heteroatoms. The number of anilines is 6. The lowest BCUT2D eigenvalue weighted by molar-refractivity contribution is 0.479. The Morgan fingerprint density at radius 2 is 0.647 bits per heavy atom. The second-order valence-electron chi connectivity index (χ2n) is 21.6. The second kappa shape index (κ2) is 20.5. The minimum Gasteiger partial charge on any atom is -0.507 e. The highest BCUT2D eigenvalue weighted by atomic mass is 16.3. The van der Waals surface area contributed by atoms with Gasteiger partial charge in [-0.1, -0.05) is 243 Å². The molecule has 16 aromatic rings. The summed E-state index contributed by atoms with van der Waals surface area (Å²) >= 11 is 0. The third kappa shape index (κ3) is 8.48. The quantitative estimate of drug-likeness (QED) is 0.140. The fraction of sp³-hybridized carbons (Fsp3) is 0. The van der Waals surface area contributed by atoms with Crippen molar-refractivity contribution < 1.29 is 13.9 Å². The molecule has 0 amide bonds. The Balaban J connectivity index is 0.859. The molecule has 0 bridgehead atoms. The lowest BCUT2D eigenvalue weighted by Gasteiger charge is -2.28. The van der Waals surface area contributed by atoms with E-state index in [9.17, 15) is 5.11 Å². The van der Waals surface area contributed by atoms with Crippen LogP contribution in [0, 0.1) is 0 Å². The predicted molar refractivity (Wildman–Crippen MR) is 354 cm³/mol. The average Bonchev–Trinajstić information content (AvgIpc) is 2.22. The van der Waals surface area contributed by atoms with Crippen molar-refractivity contribution in [2.45, 2.75) is 0 Å². The van der Waals surface area contributed by atoms with Gasteiger partial charge in [0.25, 0.3) is 0 Å². The SMILES string of the molecule is Oc1c(-c2ccccc2)cccc1-c1cccc(N(c2ccc3c(ccc4oc5ccc6cc(N(c7ccccc7-c7ccccc7)c7cccc8c7oc7c(-c9ccccc9)cccc78)ccc6c5c43)c2)c2ccccc2-c2ccccc2)c1. The van der Waals surface area contributed by atoms with Crippen molar-refractivity contribution >= 4 is 99.5 Å². The molecule has 0 saturated heterocycles. The first-order chi connectivity index (χ1) is 42.1. The molecule has 0 unspecified atom stereocenters. The monoisotopic (exact) mass is 1090 g/mol. The number of nitrogens with zero attached hydrogens (tertiary/aromatic N) is 2. The molecule has 16 rings (SSSR count). The van der Waals surface area contributed by atoms with Gasteiger partial charge in [0, 0.05) is 66.4 Å². The van der Waals surface area contributed by atoms with E-state index in [1.165, 1.54) is 0 Å². The molecule has 0 aliphatic rings. The summed E-state index contributed by atoms with van der Waals surface area (Å²) in [5, 5.41) is 20.5. The largest absolute Gasteiger partial charge is 0.507 e. The molecule has 0 radical (unpaired) electrons. The zero-order chi connectivity index (χ0) is 56.4. The first-order valence-corrected chi connectivity index (χ1v) is 28.8. The summed E-state index contributed by atoms with van der Waals surface area (Å²) in [6, 6.07) is 109. The van der Waals surface area contributed by atoms with Crippen molar-refractivity contribution in [3.63, 3.8) is 0 Å². The van der Waals surface area contributed by atoms with Crippen LogP contribution < -0.4 is 9.80 Å². The van der Waals surface area contributed by atoms with Gasteiger partial charge in [-0.15, -0.1) is 0 Å². The Labute approximate surface area is 491 Å². The van der Waals surface area contributed by atoms with E-state index in [1.54, 1.807) is 0 Å². The fourth-order valence-corrected chi connectivity index (χ4v) is 12.8. The molecule has 0 aliphatic carbocycles. The van der Waals surface area contributed by atoms with E-state index in [-0.39, 0.29) is 5.75 Å². The number of fused-ring (bicyclic) bond motifs is 10. The summed E-state index contributed by atoms with van der Waals surface area (Å²) in [6.45, 7) is 0. The van der Waals surface area contributed by atoms with Crippen LogP contribution in [-0.4, -0.2) is 5.11 Å². The molecule has 0 atom stereocenters. The Kier molecular flexibility index (Phi) is 11.9. The van der Waals surface area contributed by atoms with Gasteiger partial charge in [-0.05, 0) is 116 Å². The van der Waals surface area contributed by atoms with Gasteiger partial charge < -0.3 is 23.7 Å². The number of benzene rings is 14. The minimum absolute atomic E-state index is 0.247. The van der Waals surface area contributed by atoms with Crippen molar-refractivity contribution in [1.82, 2.24) is 0 Å². The van der Waals surface area contributed by atoms with Crippen LogP contribution in [0.4, 0.5) is 34.1 Å². The van der Waals surface area contributed by atoms with E-state index in [0.717, 1.165) is 155 Å². The van der Waals surface area contributed by atoms with E-state index in [1.807, 2.05) is 48.5 Å². The molecule has 5 nitrogen and oxygen atoms in total. The summed E-state index contributed by atoms with van der Waals surface area (Å²) in [4.78, 5) is 4.71. The van der Waals surface area contributed by atoms with Gasteiger partial charge >= 0.3 is 0 Å². The summed E-state index contributed by atoms with van der Waals surface area (Å²) < 4.78 is 13.9. The summed E-state index contributed by atoms with van der Waals surface area (Å²) in [7, 11) is 0. The van der Waals surface area contributed by atoms with Gasteiger partial charge in [0.2, 0.25) is 0 Å². The molecular formula is C80H52N2O3. The van der Waals surface area contributed by atoms with Gasteiger partial charge in [0.1, 0.15) is 22.5 Å². The Morgan fingerprint density at radius 3 is 1.24 bits per heavy atom. The highest BCUT2D eigenvalue weighted by Crippen LogP contribution is 2.50. The number of para-hydroxylation sites is 5. The Hall–Kier alpha value is -11.4. The topological polar surface area (TPSA) is 53.0 Å². The summed E-state index contributed by atoms with van der Waals surface area (Å²) in [5.74, 6) is 0.247. The number of hydrogen-bond acceptors (Lipinski definition) is 5. The highest BCUT2D eigenvalue weighted by Gasteiger charge is 2.25. The number of hydrogen-bond donors (Lipinski definition) is 1.